The van der Waals surface area contributed by atoms with E-state index in [-0.39, 0.29) is 21.6 Å². The molecule has 4 nitrogen and oxygen atoms in total. The molecule has 0 aliphatic carbocycles. The first-order valence-electron chi connectivity index (χ1n) is 6.19. The predicted octanol–water partition coefficient (Wildman–Crippen LogP) is 4.63. The van der Waals surface area contributed by atoms with Crippen LogP contribution in [0, 0.1) is 11.6 Å². The van der Waals surface area contributed by atoms with Crippen LogP contribution >= 0.6 is 23.2 Å². The number of hydrogen-bond donors (Lipinski definition) is 2. The molecule has 1 heterocycles. The Labute approximate surface area is 130 Å². The Morgan fingerprint density at radius 3 is 2.62 bits per heavy atom. The molecule has 0 fully saturated rings. The maximum absolute atomic E-state index is 13.7. The topological polar surface area (TPSA) is 49.8 Å². The van der Waals surface area contributed by atoms with Crippen molar-refractivity contribution in [3.05, 3.63) is 40.0 Å². The van der Waals surface area contributed by atoms with Crippen molar-refractivity contribution in [1.82, 2.24) is 9.97 Å². The lowest BCUT2D eigenvalue weighted by Gasteiger charge is -2.11. The highest BCUT2D eigenvalue weighted by Crippen LogP contribution is 2.31. The lowest BCUT2D eigenvalue weighted by atomic mass is 10.3. The molecule has 0 bridgehead atoms. The molecule has 0 radical (unpaired) electrons. The second-order valence-electron chi connectivity index (χ2n) is 4.19. The van der Waals surface area contributed by atoms with E-state index < -0.39 is 11.6 Å². The zero-order valence-corrected chi connectivity index (χ0v) is 12.6. The van der Waals surface area contributed by atoms with Crippen molar-refractivity contribution in [1.29, 1.82) is 0 Å². The minimum absolute atomic E-state index is 0.0971. The second kappa shape index (κ2) is 6.87. The van der Waals surface area contributed by atoms with Crippen molar-refractivity contribution in [2.75, 3.05) is 17.2 Å². The predicted molar refractivity (Wildman–Crippen MR) is 80.5 cm³/mol. The van der Waals surface area contributed by atoms with Crippen LogP contribution in [0.25, 0.3) is 0 Å². The van der Waals surface area contributed by atoms with Crippen LogP contribution in [0.3, 0.4) is 0 Å². The third-order valence-corrected chi connectivity index (χ3v) is 3.10. The van der Waals surface area contributed by atoms with Gasteiger partial charge in [0.15, 0.2) is 11.6 Å². The molecule has 1 aromatic heterocycles. The van der Waals surface area contributed by atoms with Crippen molar-refractivity contribution >= 4 is 40.7 Å². The molecule has 8 heteroatoms. The van der Waals surface area contributed by atoms with E-state index in [9.17, 15) is 8.78 Å². The summed E-state index contributed by atoms with van der Waals surface area (Å²) in [4.78, 5) is 8.12. The standard InChI is InChI=1S/C13H12Cl2F2N4/c1-2-3-18-13-19-6-9(15)12(21-13)20-11-8(14)4-7(16)5-10(11)17/h4-6H,2-3H2,1H3,(H2,18,19,20,21). The highest BCUT2D eigenvalue weighted by Gasteiger charge is 2.13. The third-order valence-electron chi connectivity index (χ3n) is 2.53. The number of nitrogens with one attached hydrogen (secondary N) is 2. The van der Waals surface area contributed by atoms with Gasteiger partial charge in [-0.15, -0.1) is 0 Å². The van der Waals surface area contributed by atoms with Crippen molar-refractivity contribution in [2.45, 2.75) is 13.3 Å². The van der Waals surface area contributed by atoms with Crippen molar-refractivity contribution in [2.24, 2.45) is 0 Å². The van der Waals surface area contributed by atoms with Crippen LogP contribution < -0.4 is 10.6 Å². The average molecular weight is 333 g/mol. The number of nitrogens with zero attached hydrogens (tertiary/aromatic N) is 2. The molecule has 0 amide bonds. The molecule has 21 heavy (non-hydrogen) atoms. The van der Waals surface area contributed by atoms with E-state index >= 15 is 0 Å². The number of hydrogen-bond acceptors (Lipinski definition) is 4. The lowest BCUT2D eigenvalue weighted by molar-refractivity contribution is 0.586. The van der Waals surface area contributed by atoms with Crippen molar-refractivity contribution in [3.63, 3.8) is 0 Å². The minimum atomic E-state index is -0.835. The molecule has 2 rings (SSSR count). The number of halogens is 4. The van der Waals surface area contributed by atoms with Gasteiger partial charge in [-0.25, -0.2) is 13.8 Å². The van der Waals surface area contributed by atoms with Gasteiger partial charge in [0.05, 0.1) is 16.9 Å². The van der Waals surface area contributed by atoms with Crippen LogP contribution in [0.5, 0.6) is 0 Å². The number of aromatic nitrogens is 2. The van der Waals surface area contributed by atoms with Gasteiger partial charge in [0.25, 0.3) is 0 Å². The highest BCUT2D eigenvalue weighted by molar-refractivity contribution is 6.34. The first-order chi connectivity index (χ1) is 10.0. The molecule has 0 aliphatic rings. The summed E-state index contributed by atoms with van der Waals surface area (Å²) in [6.45, 7) is 2.68. The number of rotatable bonds is 5. The normalized spacial score (nSPS) is 10.5. The molecule has 0 atom stereocenters. The Kier molecular flexibility index (Phi) is 5.14. The zero-order chi connectivity index (χ0) is 15.4. The van der Waals surface area contributed by atoms with Gasteiger partial charge in [0.2, 0.25) is 5.95 Å². The Morgan fingerprint density at radius 2 is 1.95 bits per heavy atom. The second-order valence-corrected chi connectivity index (χ2v) is 5.00. The van der Waals surface area contributed by atoms with Crippen LogP contribution in [0.15, 0.2) is 18.3 Å². The van der Waals surface area contributed by atoms with E-state index in [4.69, 9.17) is 23.2 Å². The van der Waals surface area contributed by atoms with Gasteiger partial charge in [-0.1, -0.05) is 30.1 Å². The molecule has 2 N–H and O–H groups in total. The summed E-state index contributed by atoms with van der Waals surface area (Å²) in [5.41, 5.74) is -0.0971. The fourth-order valence-corrected chi connectivity index (χ4v) is 1.94. The molecular formula is C13H12Cl2F2N4. The molecule has 0 saturated carbocycles. The Hall–Kier alpha value is -1.66. The highest BCUT2D eigenvalue weighted by atomic mass is 35.5. The van der Waals surface area contributed by atoms with Gasteiger partial charge in [-0.05, 0) is 12.5 Å². The summed E-state index contributed by atoms with van der Waals surface area (Å²) < 4.78 is 26.8. The third kappa shape index (κ3) is 3.92. The van der Waals surface area contributed by atoms with Crippen molar-refractivity contribution < 1.29 is 8.78 Å². The van der Waals surface area contributed by atoms with E-state index in [1.54, 1.807) is 0 Å². The number of benzene rings is 1. The summed E-state index contributed by atoms with van der Waals surface area (Å²) in [6, 6.07) is 1.72. The summed E-state index contributed by atoms with van der Waals surface area (Å²) in [6.07, 6.45) is 2.28. The van der Waals surface area contributed by atoms with Crippen LogP contribution in [0.2, 0.25) is 10.0 Å². The lowest BCUT2D eigenvalue weighted by Crippen LogP contribution is -2.06. The van der Waals surface area contributed by atoms with E-state index in [1.807, 2.05) is 6.92 Å². The van der Waals surface area contributed by atoms with Gasteiger partial charge < -0.3 is 10.6 Å². The quantitative estimate of drug-likeness (QED) is 0.838. The zero-order valence-electron chi connectivity index (χ0n) is 11.1. The molecule has 1 aromatic carbocycles. The summed E-state index contributed by atoms with van der Waals surface area (Å²) in [7, 11) is 0. The van der Waals surface area contributed by atoms with Crippen LogP contribution in [-0.4, -0.2) is 16.5 Å². The fourth-order valence-electron chi connectivity index (χ4n) is 1.56. The molecule has 0 saturated heterocycles. The van der Waals surface area contributed by atoms with E-state index in [2.05, 4.69) is 20.6 Å². The Morgan fingerprint density at radius 1 is 1.19 bits per heavy atom. The monoisotopic (exact) mass is 332 g/mol. The molecule has 2 aromatic rings. The van der Waals surface area contributed by atoms with E-state index in [0.29, 0.717) is 12.5 Å². The number of anilines is 3. The maximum Gasteiger partial charge on any atom is 0.224 e. The minimum Gasteiger partial charge on any atom is -0.354 e. The first-order valence-corrected chi connectivity index (χ1v) is 6.94. The van der Waals surface area contributed by atoms with Crippen LogP contribution in [-0.2, 0) is 0 Å². The summed E-state index contributed by atoms with van der Waals surface area (Å²) >= 11 is 11.8. The van der Waals surface area contributed by atoms with Crippen LogP contribution in [0.4, 0.5) is 26.2 Å². The van der Waals surface area contributed by atoms with Crippen molar-refractivity contribution in [3.8, 4) is 0 Å². The Bertz CT molecular complexity index is 629. The largest absolute Gasteiger partial charge is 0.354 e. The van der Waals surface area contributed by atoms with E-state index in [0.717, 1.165) is 18.6 Å². The fraction of sp³-hybridized carbons (Fsp3) is 0.231. The molecule has 0 unspecified atom stereocenters. The van der Waals surface area contributed by atoms with Gasteiger partial charge in [0.1, 0.15) is 10.8 Å². The average Bonchev–Trinajstić information content (AvgIpc) is 2.43. The van der Waals surface area contributed by atoms with Gasteiger partial charge >= 0.3 is 0 Å². The molecule has 112 valence electrons. The van der Waals surface area contributed by atoms with Gasteiger partial charge in [0, 0.05) is 12.6 Å². The molecular weight excluding hydrogens is 321 g/mol. The smallest absolute Gasteiger partial charge is 0.224 e. The maximum atomic E-state index is 13.7. The summed E-state index contributed by atoms with van der Waals surface area (Å²) in [5.74, 6) is -1.07. The molecule has 0 aliphatic heterocycles. The molecule has 0 spiro atoms. The SMILES string of the molecule is CCCNc1ncc(Cl)c(Nc2c(F)cc(F)cc2Cl)n1. The van der Waals surface area contributed by atoms with Gasteiger partial charge in [-0.3, -0.25) is 0 Å². The van der Waals surface area contributed by atoms with E-state index in [1.165, 1.54) is 6.20 Å². The first kappa shape index (κ1) is 15.7. The van der Waals surface area contributed by atoms with Gasteiger partial charge in [-0.2, -0.15) is 4.98 Å². The Balaban J connectivity index is 2.31. The van der Waals surface area contributed by atoms with Crippen LogP contribution in [0.1, 0.15) is 13.3 Å². The summed E-state index contributed by atoms with van der Waals surface area (Å²) in [5, 5.41) is 5.72.